The van der Waals surface area contributed by atoms with E-state index in [-0.39, 0.29) is 12.6 Å². The Morgan fingerprint density at radius 3 is 2.50 bits per heavy atom. The highest BCUT2D eigenvalue weighted by Crippen LogP contribution is 2.18. The zero-order valence-corrected chi connectivity index (χ0v) is 8.91. The fourth-order valence-corrected chi connectivity index (χ4v) is 1.16. The Kier molecular flexibility index (Phi) is 3.69. The molecule has 0 unspecified atom stereocenters. The summed E-state index contributed by atoms with van der Waals surface area (Å²) in [6.07, 6.45) is -2.97. The van der Waals surface area contributed by atoms with Gasteiger partial charge in [0.25, 0.3) is 0 Å². The number of aliphatic hydroxyl groups is 1. The van der Waals surface area contributed by atoms with Gasteiger partial charge in [-0.05, 0) is 6.92 Å². The first kappa shape index (κ1) is 12.7. The van der Waals surface area contributed by atoms with Gasteiger partial charge in [-0.2, -0.15) is 13.2 Å². The van der Waals surface area contributed by atoms with E-state index in [1.807, 2.05) is 0 Å². The van der Waals surface area contributed by atoms with Crippen LogP contribution in [0.2, 0.25) is 0 Å². The van der Waals surface area contributed by atoms with Gasteiger partial charge in [0.15, 0.2) is 0 Å². The number of hydrogen-bond acceptors (Lipinski definition) is 4. The van der Waals surface area contributed by atoms with Gasteiger partial charge < -0.3 is 10.0 Å². The third-order valence-corrected chi connectivity index (χ3v) is 2.00. The molecule has 0 fully saturated rings. The van der Waals surface area contributed by atoms with E-state index in [2.05, 4.69) is 9.97 Å². The van der Waals surface area contributed by atoms with Crippen LogP contribution in [0.4, 0.5) is 19.1 Å². The Hall–Kier alpha value is -1.37. The molecular formula is C9H12F3N3O. The number of anilines is 1. The predicted molar refractivity (Wildman–Crippen MR) is 52.0 cm³/mol. The monoisotopic (exact) mass is 235 g/mol. The minimum absolute atomic E-state index is 0.00738. The zero-order chi connectivity index (χ0) is 12.3. The van der Waals surface area contributed by atoms with Crippen LogP contribution in [0, 0.1) is 6.92 Å². The Balaban J connectivity index is 2.85. The van der Waals surface area contributed by atoms with E-state index in [0.717, 1.165) is 4.90 Å². The van der Waals surface area contributed by atoms with Gasteiger partial charge in [0.1, 0.15) is 6.54 Å². The normalized spacial score (nSPS) is 11.6. The summed E-state index contributed by atoms with van der Waals surface area (Å²) in [5.74, 6) is -0.00738. The summed E-state index contributed by atoms with van der Waals surface area (Å²) in [5, 5.41) is 8.86. The quantitative estimate of drug-likeness (QED) is 0.857. The average molecular weight is 235 g/mol. The first-order valence-corrected chi connectivity index (χ1v) is 4.55. The summed E-state index contributed by atoms with van der Waals surface area (Å²) in [4.78, 5) is 8.54. The molecule has 1 aromatic heterocycles. The van der Waals surface area contributed by atoms with Crippen molar-refractivity contribution in [2.45, 2.75) is 19.7 Å². The second-order valence-corrected chi connectivity index (χ2v) is 3.41. The summed E-state index contributed by atoms with van der Waals surface area (Å²) in [6, 6.07) is 0. The SMILES string of the molecule is Cc1nc(N(C)CC(F)(F)F)ncc1CO. The largest absolute Gasteiger partial charge is 0.406 e. The number of aryl methyl sites for hydroxylation is 1. The molecule has 0 saturated heterocycles. The summed E-state index contributed by atoms with van der Waals surface area (Å²) < 4.78 is 36.3. The third kappa shape index (κ3) is 3.34. The second kappa shape index (κ2) is 4.65. The van der Waals surface area contributed by atoms with Gasteiger partial charge in [-0.15, -0.1) is 0 Å². The number of nitrogens with zero attached hydrogens (tertiary/aromatic N) is 3. The van der Waals surface area contributed by atoms with Crippen molar-refractivity contribution < 1.29 is 18.3 Å². The van der Waals surface area contributed by atoms with Crippen LogP contribution in [0.5, 0.6) is 0 Å². The highest BCUT2D eigenvalue weighted by molar-refractivity contribution is 5.31. The topological polar surface area (TPSA) is 49.2 Å². The van der Waals surface area contributed by atoms with Crippen molar-refractivity contribution in [1.29, 1.82) is 0 Å². The summed E-state index contributed by atoms with van der Waals surface area (Å²) in [6.45, 7) is 0.276. The second-order valence-electron chi connectivity index (χ2n) is 3.41. The van der Waals surface area contributed by atoms with Gasteiger partial charge in [0.2, 0.25) is 5.95 Å². The minimum atomic E-state index is -4.29. The van der Waals surface area contributed by atoms with Crippen LogP contribution < -0.4 is 4.90 Å². The number of hydrogen-bond donors (Lipinski definition) is 1. The lowest BCUT2D eigenvalue weighted by Crippen LogP contribution is -2.32. The highest BCUT2D eigenvalue weighted by Gasteiger charge is 2.30. The maximum atomic E-state index is 12.1. The molecule has 0 aliphatic heterocycles. The fraction of sp³-hybridized carbons (Fsp3) is 0.556. The molecular weight excluding hydrogens is 223 g/mol. The van der Waals surface area contributed by atoms with Crippen LogP contribution in [0.25, 0.3) is 0 Å². The van der Waals surface area contributed by atoms with E-state index in [4.69, 9.17) is 5.11 Å². The van der Waals surface area contributed by atoms with Gasteiger partial charge in [0.05, 0.1) is 6.61 Å². The van der Waals surface area contributed by atoms with Gasteiger partial charge >= 0.3 is 6.18 Å². The Bertz CT molecular complexity index is 368. The molecule has 0 aliphatic carbocycles. The van der Waals surface area contributed by atoms with Crippen LogP contribution in [0.1, 0.15) is 11.3 Å². The number of aliphatic hydroxyl groups excluding tert-OH is 1. The molecule has 1 rings (SSSR count). The smallest absolute Gasteiger partial charge is 0.392 e. The number of alkyl halides is 3. The molecule has 0 saturated carbocycles. The molecule has 0 aliphatic rings. The third-order valence-electron chi connectivity index (χ3n) is 2.00. The maximum Gasteiger partial charge on any atom is 0.406 e. The van der Waals surface area contributed by atoms with E-state index < -0.39 is 12.7 Å². The van der Waals surface area contributed by atoms with Gasteiger partial charge in [-0.1, -0.05) is 0 Å². The lowest BCUT2D eigenvalue weighted by Gasteiger charge is -2.19. The molecule has 0 amide bonds. The lowest BCUT2D eigenvalue weighted by molar-refractivity contribution is -0.119. The molecule has 0 spiro atoms. The van der Waals surface area contributed by atoms with Crippen LogP contribution in [-0.4, -0.2) is 34.8 Å². The highest BCUT2D eigenvalue weighted by atomic mass is 19.4. The van der Waals surface area contributed by atoms with E-state index in [0.29, 0.717) is 11.3 Å². The summed E-state index contributed by atoms with van der Waals surface area (Å²) in [5.41, 5.74) is 0.977. The Labute approximate surface area is 90.7 Å². The first-order chi connectivity index (χ1) is 7.33. The molecule has 90 valence electrons. The Morgan fingerprint density at radius 1 is 1.44 bits per heavy atom. The molecule has 0 radical (unpaired) electrons. The van der Waals surface area contributed by atoms with Crippen LogP contribution in [0.3, 0.4) is 0 Å². The minimum Gasteiger partial charge on any atom is -0.392 e. The lowest BCUT2D eigenvalue weighted by atomic mass is 10.2. The predicted octanol–water partition coefficient (Wildman–Crippen LogP) is 1.28. The molecule has 0 bridgehead atoms. The first-order valence-electron chi connectivity index (χ1n) is 4.55. The average Bonchev–Trinajstić information content (AvgIpc) is 2.15. The van der Waals surface area contributed by atoms with E-state index in [1.54, 1.807) is 6.92 Å². The van der Waals surface area contributed by atoms with Crippen molar-refractivity contribution in [3.8, 4) is 0 Å². The zero-order valence-electron chi connectivity index (χ0n) is 8.91. The molecule has 16 heavy (non-hydrogen) atoms. The van der Waals surface area contributed by atoms with Crippen molar-refractivity contribution in [1.82, 2.24) is 9.97 Å². The Morgan fingerprint density at radius 2 is 2.06 bits per heavy atom. The van der Waals surface area contributed by atoms with Crippen LogP contribution in [0.15, 0.2) is 6.20 Å². The fourth-order valence-electron chi connectivity index (χ4n) is 1.16. The van der Waals surface area contributed by atoms with Crippen molar-refractivity contribution in [2.24, 2.45) is 0 Å². The molecule has 0 atom stereocenters. The van der Waals surface area contributed by atoms with Crippen molar-refractivity contribution in [3.63, 3.8) is 0 Å². The van der Waals surface area contributed by atoms with E-state index >= 15 is 0 Å². The van der Waals surface area contributed by atoms with Crippen molar-refractivity contribution in [3.05, 3.63) is 17.5 Å². The van der Waals surface area contributed by atoms with Crippen molar-refractivity contribution in [2.75, 3.05) is 18.5 Å². The van der Waals surface area contributed by atoms with E-state index in [1.165, 1.54) is 13.2 Å². The van der Waals surface area contributed by atoms with E-state index in [9.17, 15) is 13.2 Å². The van der Waals surface area contributed by atoms with Crippen LogP contribution >= 0.6 is 0 Å². The summed E-state index contributed by atoms with van der Waals surface area (Å²) in [7, 11) is 1.26. The number of rotatable bonds is 3. The number of halogens is 3. The molecule has 0 aromatic carbocycles. The summed E-state index contributed by atoms with van der Waals surface area (Å²) >= 11 is 0. The number of aromatic nitrogens is 2. The standard InChI is InChI=1S/C9H12F3N3O/c1-6-7(4-16)3-13-8(14-6)15(2)5-9(10,11)12/h3,16H,4-5H2,1-2H3. The van der Waals surface area contributed by atoms with Gasteiger partial charge in [-0.3, -0.25) is 0 Å². The van der Waals surface area contributed by atoms with Crippen LogP contribution in [-0.2, 0) is 6.61 Å². The molecule has 1 aromatic rings. The van der Waals surface area contributed by atoms with Gasteiger partial charge in [0, 0.05) is 24.5 Å². The molecule has 1 N–H and O–H groups in total. The molecule has 1 heterocycles. The van der Waals surface area contributed by atoms with Gasteiger partial charge in [-0.25, -0.2) is 9.97 Å². The maximum absolute atomic E-state index is 12.1. The molecule has 4 nitrogen and oxygen atoms in total. The van der Waals surface area contributed by atoms with Crippen molar-refractivity contribution >= 4 is 5.95 Å². The molecule has 7 heteroatoms.